The van der Waals surface area contributed by atoms with Crippen LogP contribution in [-0.4, -0.2) is 38.9 Å². The number of likely N-dealkylation sites (tertiary alicyclic amines) is 1. The van der Waals surface area contributed by atoms with Gasteiger partial charge in [0.05, 0.1) is 10.6 Å². The van der Waals surface area contributed by atoms with Crippen LogP contribution in [0.25, 0.3) is 0 Å². The van der Waals surface area contributed by atoms with Gasteiger partial charge in [-0.1, -0.05) is 36.8 Å². The van der Waals surface area contributed by atoms with Crippen LogP contribution in [0.15, 0.2) is 53.4 Å². The lowest BCUT2D eigenvalue weighted by atomic mass is 10.0. The minimum atomic E-state index is -3.85. The summed E-state index contributed by atoms with van der Waals surface area (Å²) in [5.74, 6) is 0.294. The number of anilines is 1. The fraction of sp³-hybridized carbons (Fsp3) is 0.409. The third-order valence-corrected chi connectivity index (χ3v) is 6.98. The van der Waals surface area contributed by atoms with Crippen molar-refractivity contribution in [3.8, 4) is 0 Å². The molecule has 0 saturated carbocycles. The molecule has 1 aliphatic heterocycles. The number of rotatable bonds is 5. The Hall–Kier alpha value is -2.34. The van der Waals surface area contributed by atoms with Crippen molar-refractivity contribution < 1.29 is 13.2 Å². The van der Waals surface area contributed by atoms with E-state index in [-0.39, 0.29) is 17.3 Å². The van der Waals surface area contributed by atoms with E-state index in [0.717, 1.165) is 24.0 Å². The van der Waals surface area contributed by atoms with Gasteiger partial charge in [-0.25, -0.2) is 8.42 Å². The summed E-state index contributed by atoms with van der Waals surface area (Å²) < 4.78 is 28.0. The summed E-state index contributed by atoms with van der Waals surface area (Å²) in [6, 6.07) is 14.0. The Morgan fingerprint density at radius 3 is 2.46 bits per heavy atom. The third-order valence-electron chi connectivity index (χ3n) is 5.19. The molecule has 3 rings (SSSR count). The maximum absolute atomic E-state index is 13.4. The van der Waals surface area contributed by atoms with Crippen molar-refractivity contribution in [3.05, 3.63) is 59.7 Å². The molecule has 0 radical (unpaired) electrons. The second-order valence-electron chi connectivity index (χ2n) is 7.75. The van der Waals surface area contributed by atoms with Crippen LogP contribution in [-0.2, 0) is 14.8 Å². The molecule has 1 unspecified atom stereocenters. The highest BCUT2D eigenvalue weighted by atomic mass is 32.2. The van der Waals surface area contributed by atoms with Crippen LogP contribution >= 0.6 is 0 Å². The van der Waals surface area contributed by atoms with Crippen molar-refractivity contribution >= 4 is 21.6 Å². The van der Waals surface area contributed by atoms with Crippen LogP contribution in [0.5, 0.6) is 0 Å². The Balaban J connectivity index is 1.95. The van der Waals surface area contributed by atoms with Gasteiger partial charge in [-0.15, -0.1) is 0 Å². The van der Waals surface area contributed by atoms with Crippen LogP contribution in [0, 0.1) is 19.8 Å². The number of carbonyl (C=O) groups is 1. The number of aryl methyl sites for hydroxylation is 2. The topological polar surface area (TPSA) is 57.7 Å². The molecule has 1 saturated heterocycles. The molecule has 150 valence electrons. The minimum absolute atomic E-state index is 0.149. The molecule has 0 bridgehead atoms. The smallest absolute Gasteiger partial charge is 0.264 e. The molecular formula is C22H28N2O3S. The predicted octanol–water partition coefficient (Wildman–Crippen LogP) is 3.76. The molecular weight excluding hydrogens is 372 g/mol. The Bertz CT molecular complexity index is 939. The zero-order valence-corrected chi connectivity index (χ0v) is 17.6. The molecule has 0 N–H and O–H groups in total. The normalized spacial score (nSPS) is 17.4. The molecule has 0 aromatic heterocycles. The number of piperidine rings is 1. The first-order valence-corrected chi connectivity index (χ1v) is 11.2. The molecule has 1 atom stereocenters. The monoisotopic (exact) mass is 400 g/mol. The van der Waals surface area contributed by atoms with E-state index in [2.05, 4.69) is 6.92 Å². The highest BCUT2D eigenvalue weighted by Crippen LogP contribution is 2.25. The van der Waals surface area contributed by atoms with E-state index in [9.17, 15) is 13.2 Å². The van der Waals surface area contributed by atoms with Crippen molar-refractivity contribution in [1.29, 1.82) is 0 Å². The van der Waals surface area contributed by atoms with Gasteiger partial charge in [-0.2, -0.15) is 0 Å². The van der Waals surface area contributed by atoms with E-state index in [0.29, 0.717) is 24.7 Å². The zero-order valence-electron chi connectivity index (χ0n) is 16.8. The van der Waals surface area contributed by atoms with Crippen molar-refractivity contribution in [2.24, 2.45) is 5.92 Å². The molecule has 1 fully saturated rings. The number of benzene rings is 2. The summed E-state index contributed by atoms with van der Waals surface area (Å²) in [5, 5.41) is 0. The SMILES string of the molecule is Cc1ccc(S(=O)(=O)N(CC(=O)N2CCCC(C)C2)c2cccc(C)c2)cc1. The highest BCUT2D eigenvalue weighted by molar-refractivity contribution is 7.92. The number of amides is 1. The quantitative estimate of drug-likeness (QED) is 0.768. The summed E-state index contributed by atoms with van der Waals surface area (Å²) in [6.45, 7) is 7.14. The Morgan fingerprint density at radius 1 is 1.11 bits per heavy atom. The number of hydrogen-bond donors (Lipinski definition) is 0. The zero-order chi connectivity index (χ0) is 20.3. The van der Waals surface area contributed by atoms with Crippen molar-refractivity contribution in [1.82, 2.24) is 4.90 Å². The molecule has 6 heteroatoms. The van der Waals surface area contributed by atoms with Crippen molar-refractivity contribution in [2.45, 2.75) is 38.5 Å². The number of hydrogen-bond acceptors (Lipinski definition) is 3. The number of sulfonamides is 1. The van der Waals surface area contributed by atoms with Crippen molar-refractivity contribution in [3.63, 3.8) is 0 Å². The molecule has 0 spiro atoms. The predicted molar refractivity (Wildman–Crippen MR) is 112 cm³/mol. The van der Waals surface area contributed by atoms with Gasteiger partial charge >= 0.3 is 0 Å². The van der Waals surface area contributed by atoms with Crippen LogP contribution in [0.3, 0.4) is 0 Å². The van der Waals surface area contributed by atoms with Crippen LogP contribution < -0.4 is 4.31 Å². The van der Waals surface area contributed by atoms with Crippen LogP contribution in [0.4, 0.5) is 5.69 Å². The van der Waals surface area contributed by atoms with E-state index in [1.165, 1.54) is 4.31 Å². The Kier molecular flexibility index (Phi) is 6.08. The fourth-order valence-electron chi connectivity index (χ4n) is 3.57. The van der Waals surface area contributed by atoms with Gasteiger partial charge < -0.3 is 4.90 Å². The summed E-state index contributed by atoms with van der Waals surface area (Å²) >= 11 is 0. The van der Waals surface area contributed by atoms with Crippen LogP contribution in [0.1, 0.15) is 30.9 Å². The molecule has 5 nitrogen and oxygen atoms in total. The van der Waals surface area contributed by atoms with Gasteiger partial charge in [-0.05, 0) is 62.4 Å². The Labute approximate surface area is 168 Å². The lowest BCUT2D eigenvalue weighted by Gasteiger charge is -2.33. The van der Waals surface area contributed by atoms with Gasteiger partial charge in [0.15, 0.2) is 0 Å². The average Bonchev–Trinajstić information content (AvgIpc) is 2.66. The van der Waals surface area contributed by atoms with E-state index in [1.807, 2.05) is 26.0 Å². The first-order chi connectivity index (χ1) is 13.3. The minimum Gasteiger partial charge on any atom is -0.341 e. The van der Waals surface area contributed by atoms with Gasteiger partial charge in [0.2, 0.25) is 5.91 Å². The molecule has 1 heterocycles. The lowest BCUT2D eigenvalue weighted by molar-refractivity contribution is -0.131. The van der Waals surface area contributed by atoms with Crippen molar-refractivity contribution in [2.75, 3.05) is 23.9 Å². The largest absolute Gasteiger partial charge is 0.341 e. The standard InChI is InChI=1S/C22H28N2O3S/c1-17-9-11-21(12-10-17)28(26,27)24(20-8-4-6-18(2)14-20)16-22(25)23-13-5-7-19(3)15-23/h4,6,8-12,14,19H,5,7,13,15-16H2,1-3H3. The molecule has 28 heavy (non-hydrogen) atoms. The molecule has 1 amide bonds. The van der Waals surface area contributed by atoms with Gasteiger partial charge in [0.25, 0.3) is 10.0 Å². The van der Waals surface area contributed by atoms with E-state index in [1.54, 1.807) is 41.3 Å². The highest BCUT2D eigenvalue weighted by Gasteiger charge is 2.30. The first kappa shape index (κ1) is 20.4. The fourth-order valence-corrected chi connectivity index (χ4v) is 4.98. The summed E-state index contributed by atoms with van der Waals surface area (Å²) in [7, 11) is -3.85. The maximum Gasteiger partial charge on any atom is 0.264 e. The summed E-state index contributed by atoms with van der Waals surface area (Å²) in [6.07, 6.45) is 2.06. The molecule has 2 aromatic rings. The average molecular weight is 401 g/mol. The number of nitrogens with zero attached hydrogens (tertiary/aromatic N) is 2. The molecule has 1 aliphatic rings. The number of carbonyl (C=O) groups excluding carboxylic acids is 1. The lowest BCUT2D eigenvalue weighted by Crippen LogP contribution is -2.46. The third kappa shape index (κ3) is 4.55. The van der Waals surface area contributed by atoms with Crippen LogP contribution in [0.2, 0.25) is 0 Å². The van der Waals surface area contributed by atoms with Gasteiger partial charge in [0.1, 0.15) is 6.54 Å². The van der Waals surface area contributed by atoms with E-state index in [4.69, 9.17) is 0 Å². The van der Waals surface area contributed by atoms with Gasteiger partial charge in [-0.3, -0.25) is 9.10 Å². The second kappa shape index (κ2) is 8.35. The first-order valence-electron chi connectivity index (χ1n) is 9.71. The van der Waals surface area contributed by atoms with E-state index >= 15 is 0 Å². The second-order valence-corrected chi connectivity index (χ2v) is 9.61. The Morgan fingerprint density at radius 2 is 1.82 bits per heavy atom. The summed E-state index contributed by atoms with van der Waals surface area (Å²) in [4.78, 5) is 15.0. The van der Waals surface area contributed by atoms with Gasteiger partial charge in [0, 0.05) is 13.1 Å². The molecule has 2 aromatic carbocycles. The molecule has 0 aliphatic carbocycles. The summed E-state index contributed by atoms with van der Waals surface area (Å²) in [5.41, 5.74) is 2.44. The maximum atomic E-state index is 13.4. The van der Waals surface area contributed by atoms with E-state index < -0.39 is 10.0 Å².